The third-order valence-electron chi connectivity index (χ3n) is 2.73. The standard InChI is InChI=1S/C13H18ClNO3/c1-9(2)7-12(16)6-4-10-3-5-11(14)8-13(10)15(17)18/h3,5,8-9,12,16H,4,6-7H2,1-2H3. The van der Waals surface area contributed by atoms with Gasteiger partial charge in [-0.05, 0) is 31.2 Å². The molecule has 0 aliphatic heterocycles. The fourth-order valence-electron chi connectivity index (χ4n) is 1.90. The number of rotatable bonds is 6. The molecule has 1 unspecified atom stereocenters. The number of aliphatic hydroxyl groups is 1. The van der Waals surface area contributed by atoms with E-state index in [1.807, 2.05) is 13.8 Å². The second kappa shape index (κ2) is 6.71. The van der Waals surface area contributed by atoms with E-state index in [4.69, 9.17) is 11.6 Å². The number of hydrogen-bond donors (Lipinski definition) is 1. The summed E-state index contributed by atoms with van der Waals surface area (Å²) in [4.78, 5) is 10.4. The Morgan fingerprint density at radius 2 is 2.11 bits per heavy atom. The number of nitro groups is 1. The van der Waals surface area contributed by atoms with Crippen LogP contribution in [-0.4, -0.2) is 16.1 Å². The highest BCUT2D eigenvalue weighted by molar-refractivity contribution is 6.30. The van der Waals surface area contributed by atoms with E-state index in [0.29, 0.717) is 35.8 Å². The molecule has 5 heteroatoms. The molecule has 0 saturated heterocycles. The Morgan fingerprint density at radius 1 is 1.44 bits per heavy atom. The van der Waals surface area contributed by atoms with Crippen LogP contribution in [0.25, 0.3) is 0 Å². The number of halogens is 1. The molecule has 100 valence electrons. The second-order valence-corrected chi connectivity index (χ2v) is 5.29. The van der Waals surface area contributed by atoms with Crippen molar-refractivity contribution in [2.75, 3.05) is 0 Å². The van der Waals surface area contributed by atoms with Gasteiger partial charge in [-0.1, -0.05) is 31.5 Å². The van der Waals surface area contributed by atoms with Crippen molar-refractivity contribution in [3.63, 3.8) is 0 Å². The molecule has 4 nitrogen and oxygen atoms in total. The van der Waals surface area contributed by atoms with Crippen molar-refractivity contribution in [1.82, 2.24) is 0 Å². The Balaban J connectivity index is 2.70. The van der Waals surface area contributed by atoms with Crippen molar-refractivity contribution in [2.24, 2.45) is 5.92 Å². The van der Waals surface area contributed by atoms with E-state index in [-0.39, 0.29) is 5.69 Å². The lowest BCUT2D eigenvalue weighted by molar-refractivity contribution is -0.385. The van der Waals surface area contributed by atoms with Crippen LogP contribution in [0.2, 0.25) is 5.02 Å². The molecule has 0 heterocycles. The lowest BCUT2D eigenvalue weighted by atomic mass is 9.99. The average molecular weight is 272 g/mol. The molecule has 1 aromatic rings. The number of aliphatic hydroxyl groups excluding tert-OH is 1. The molecule has 0 radical (unpaired) electrons. The normalized spacial score (nSPS) is 12.7. The maximum atomic E-state index is 10.9. The van der Waals surface area contributed by atoms with Crippen LogP contribution in [0.5, 0.6) is 0 Å². The van der Waals surface area contributed by atoms with Gasteiger partial charge in [0.25, 0.3) is 5.69 Å². The molecule has 0 amide bonds. The van der Waals surface area contributed by atoms with Crippen LogP contribution in [0.15, 0.2) is 18.2 Å². The van der Waals surface area contributed by atoms with Crippen LogP contribution in [0, 0.1) is 16.0 Å². The second-order valence-electron chi connectivity index (χ2n) is 4.85. The lowest BCUT2D eigenvalue weighted by Crippen LogP contribution is -2.11. The van der Waals surface area contributed by atoms with Gasteiger partial charge in [-0.3, -0.25) is 10.1 Å². The van der Waals surface area contributed by atoms with E-state index in [2.05, 4.69) is 0 Å². The summed E-state index contributed by atoms with van der Waals surface area (Å²) in [7, 11) is 0. The summed E-state index contributed by atoms with van der Waals surface area (Å²) >= 11 is 5.74. The Bertz CT molecular complexity index is 421. The summed E-state index contributed by atoms with van der Waals surface area (Å²) in [5.74, 6) is 0.417. The fraction of sp³-hybridized carbons (Fsp3) is 0.538. The average Bonchev–Trinajstić information content (AvgIpc) is 2.26. The highest BCUT2D eigenvalue weighted by Crippen LogP contribution is 2.25. The third-order valence-corrected chi connectivity index (χ3v) is 2.97. The minimum atomic E-state index is -0.434. The molecule has 1 N–H and O–H groups in total. The van der Waals surface area contributed by atoms with Gasteiger partial charge in [0.15, 0.2) is 0 Å². The van der Waals surface area contributed by atoms with Gasteiger partial charge in [0, 0.05) is 16.7 Å². The predicted molar refractivity (Wildman–Crippen MR) is 71.9 cm³/mol. The first-order valence-corrected chi connectivity index (χ1v) is 6.38. The number of benzene rings is 1. The number of aryl methyl sites for hydroxylation is 1. The summed E-state index contributed by atoms with van der Waals surface area (Å²) in [6, 6.07) is 4.65. The van der Waals surface area contributed by atoms with Crippen LogP contribution in [-0.2, 0) is 6.42 Å². The molecule has 18 heavy (non-hydrogen) atoms. The van der Waals surface area contributed by atoms with Crippen molar-refractivity contribution in [1.29, 1.82) is 0 Å². The smallest absolute Gasteiger partial charge is 0.274 e. The first-order chi connectivity index (χ1) is 8.40. The van der Waals surface area contributed by atoms with E-state index in [1.165, 1.54) is 6.07 Å². The van der Waals surface area contributed by atoms with Gasteiger partial charge >= 0.3 is 0 Å². The minimum absolute atomic E-state index is 0.0271. The maximum Gasteiger partial charge on any atom is 0.274 e. The summed E-state index contributed by atoms with van der Waals surface area (Å²) < 4.78 is 0. The molecule has 0 fully saturated rings. The third kappa shape index (κ3) is 4.63. The zero-order valence-corrected chi connectivity index (χ0v) is 11.4. The Kier molecular flexibility index (Phi) is 5.56. The van der Waals surface area contributed by atoms with Crippen LogP contribution >= 0.6 is 11.6 Å². The van der Waals surface area contributed by atoms with Crippen molar-refractivity contribution in [2.45, 2.75) is 39.2 Å². The van der Waals surface area contributed by atoms with Gasteiger partial charge in [0.05, 0.1) is 11.0 Å². The first-order valence-electron chi connectivity index (χ1n) is 6.01. The molecule has 1 atom stereocenters. The van der Waals surface area contributed by atoms with Crippen LogP contribution in [0.3, 0.4) is 0 Å². The van der Waals surface area contributed by atoms with Gasteiger partial charge in [-0.2, -0.15) is 0 Å². The predicted octanol–water partition coefficient (Wildman–Crippen LogP) is 3.59. The van der Waals surface area contributed by atoms with Gasteiger partial charge in [0.2, 0.25) is 0 Å². The van der Waals surface area contributed by atoms with Gasteiger partial charge in [-0.15, -0.1) is 0 Å². The molecule has 0 aliphatic carbocycles. The first kappa shape index (κ1) is 14.9. The Labute approximate surface area is 112 Å². The lowest BCUT2D eigenvalue weighted by Gasteiger charge is -2.12. The Hall–Kier alpha value is -1.13. The van der Waals surface area contributed by atoms with Crippen molar-refractivity contribution in [3.8, 4) is 0 Å². The van der Waals surface area contributed by atoms with Crippen molar-refractivity contribution < 1.29 is 10.0 Å². The topological polar surface area (TPSA) is 63.4 Å². The zero-order valence-electron chi connectivity index (χ0n) is 10.6. The molecule has 1 rings (SSSR count). The molecule has 0 aliphatic rings. The largest absolute Gasteiger partial charge is 0.393 e. The van der Waals surface area contributed by atoms with Crippen LogP contribution in [0.1, 0.15) is 32.3 Å². The summed E-state index contributed by atoms with van der Waals surface area (Å²) in [6.45, 7) is 4.07. The monoisotopic (exact) mass is 271 g/mol. The van der Waals surface area contributed by atoms with E-state index in [1.54, 1.807) is 12.1 Å². The summed E-state index contributed by atoms with van der Waals surface area (Å²) in [5.41, 5.74) is 0.645. The summed E-state index contributed by atoms with van der Waals surface area (Å²) in [6.07, 6.45) is 1.31. The maximum absolute atomic E-state index is 10.9. The molecular formula is C13H18ClNO3. The molecule has 0 saturated carbocycles. The fourth-order valence-corrected chi connectivity index (χ4v) is 2.07. The molecule has 0 bridgehead atoms. The van der Waals surface area contributed by atoms with E-state index in [0.717, 1.165) is 0 Å². The van der Waals surface area contributed by atoms with Gasteiger partial charge in [0.1, 0.15) is 0 Å². The van der Waals surface area contributed by atoms with Gasteiger partial charge < -0.3 is 5.11 Å². The quantitative estimate of drug-likeness (QED) is 0.635. The Morgan fingerprint density at radius 3 is 2.67 bits per heavy atom. The minimum Gasteiger partial charge on any atom is -0.393 e. The zero-order chi connectivity index (χ0) is 13.7. The summed E-state index contributed by atoms with van der Waals surface area (Å²) in [5, 5.41) is 21.0. The van der Waals surface area contributed by atoms with Crippen molar-refractivity contribution >= 4 is 17.3 Å². The van der Waals surface area contributed by atoms with E-state index < -0.39 is 11.0 Å². The van der Waals surface area contributed by atoms with E-state index >= 15 is 0 Å². The number of nitro benzene ring substituents is 1. The molecule has 0 spiro atoms. The van der Waals surface area contributed by atoms with E-state index in [9.17, 15) is 15.2 Å². The molecule has 0 aromatic heterocycles. The highest BCUT2D eigenvalue weighted by atomic mass is 35.5. The highest BCUT2D eigenvalue weighted by Gasteiger charge is 2.15. The SMILES string of the molecule is CC(C)CC(O)CCc1ccc(Cl)cc1[N+](=O)[O-]. The van der Waals surface area contributed by atoms with Crippen molar-refractivity contribution in [3.05, 3.63) is 38.9 Å². The van der Waals surface area contributed by atoms with Crippen LogP contribution in [0.4, 0.5) is 5.69 Å². The number of nitrogens with zero attached hydrogens (tertiary/aromatic N) is 1. The van der Waals surface area contributed by atoms with Crippen LogP contribution < -0.4 is 0 Å². The number of hydrogen-bond acceptors (Lipinski definition) is 3. The molecular weight excluding hydrogens is 254 g/mol. The van der Waals surface area contributed by atoms with Gasteiger partial charge in [-0.25, -0.2) is 0 Å². The molecule has 1 aromatic carbocycles.